The summed E-state index contributed by atoms with van der Waals surface area (Å²) in [6.45, 7) is 3.01. The minimum absolute atomic E-state index is 0.129. The van der Waals surface area contributed by atoms with Crippen LogP contribution in [0.4, 0.5) is 0 Å². The van der Waals surface area contributed by atoms with Gasteiger partial charge in [0.2, 0.25) is 5.89 Å². The standard InChI is InChI=1S/C14H20N4O3S2/c1-10-3-4-12(22-10)9-13-16-14(21-17-13)11-5-7-18(8-6-11)23(19,20)15-2/h3-4,11,15H,5-9H2,1-2H3. The van der Waals surface area contributed by atoms with Gasteiger partial charge in [0.15, 0.2) is 5.82 Å². The van der Waals surface area contributed by atoms with E-state index in [1.54, 1.807) is 11.3 Å². The van der Waals surface area contributed by atoms with Crippen LogP contribution in [-0.4, -0.2) is 43.0 Å². The number of aryl methyl sites for hydroxylation is 1. The molecule has 0 radical (unpaired) electrons. The number of nitrogens with one attached hydrogen (secondary N) is 1. The Bertz CT molecular complexity index is 761. The molecule has 3 rings (SSSR count). The highest BCUT2D eigenvalue weighted by Crippen LogP contribution is 2.28. The molecule has 2 aromatic rings. The van der Waals surface area contributed by atoms with Crippen molar-refractivity contribution in [2.45, 2.75) is 32.1 Å². The van der Waals surface area contributed by atoms with Crippen molar-refractivity contribution in [3.63, 3.8) is 0 Å². The Morgan fingerprint density at radius 3 is 2.74 bits per heavy atom. The summed E-state index contributed by atoms with van der Waals surface area (Å²) in [4.78, 5) is 6.97. The normalized spacial score (nSPS) is 17.7. The van der Waals surface area contributed by atoms with E-state index in [0.29, 0.717) is 44.1 Å². The molecule has 1 N–H and O–H groups in total. The number of hydrogen-bond acceptors (Lipinski definition) is 6. The van der Waals surface area contributed by atoms with Gasteiger partial charge in [0.25, 0.3) is 10.2 Å². The van der Waals surface area contributed by atoms with Crippen LogP contribution in [0.2, 0.25) is 0 Å². The van der Waals surface area contributed by atoms with Gasteiger partial charge in [0.1, 0.15) is 0 Å². The molecule has 0 aliphatic carbocycles. The first kappa shape index (κ1) is 16.6. The molecular formula is C14H20N4O3S2. The van der Waals surface area contributed by atoms with Crippen LogP contribution in [0, 0.1) is 6.92 Å². The van der Waals surface area contributed by atoms with Crippen LogP contribution in [0.1, 0.15) is 40.2 Å². The van der Waals surface area contributed by atoms with E-state index in [2.05, 4.69) is 33.9 Å². The predicted octanol–water partition coefficient (Wildman–Crippen LogP) is 1.67. The average Bonchev–Trinajstić information content (AvgIpc) is 3.17. The minimum atomic E-state index is -3.34. The van der Waals surface area contributed by atoms with Crippen molar-refractivity contribution >= 4 is 21.5 Å². The van der Waals surface area contributed by atoms with Gasteiger partial charge in [-0.3, -0.25) is 0 Å². The maximum absolute atomic E-state index is 11.8. The van der Waals surface area contributed by atoms with Gasteiger partial charge in [-0.15, -0.1) is 11.3 Å². The van der Waals surface area contributed by atoms with E-state index >= 15 is 0 Å². The van der Waals surface area contributed by atoms with Gasteiger partial charge in [-0.1, -0.05) is 5.16 Å². The molecule has 126 valence electrons. The van der Waals surface area contributed by atoms with E-state index < -0.39 is 10.2 Å². The highest BCUT2D eigenvalue weighted by Gasteiger charge is 2.30. The van der Waals surface area contributed by atoms with Crippen molar-refractivity contribution < 1.29 is 12.9 Å². The second-order valence-electron chi connectivity index (χ2n) is 5.62. The predicted molar refractivity (Wildman–Crippen MR) is 87.7 cm³/mol. The van der Waals surface area contributed by atoms with Crippen LogP contribution < -0.4 is 4.72 Å². The zero-order chi connectivity index (χ0) is 16.4. The largest absolute Gasteiger partial charge is 0.339 e. The molecule has 1 aliphatic heterocycles. The Morgan fingerprint density at radius 2 is 2.13 bits per heavy atom. The molecule has 1 aliphatic rings. The molecule has 0 spiro atoms. The number of thiophene rings is 1. The topological polar surface area (TPSA) is 88.3 Å². The molecule has 0 bridgehead atoms. The third-order valence-corrected chi connectivity index (χ3v) is 6.57. The molecule has 1 fully saturated rings. The summed E-state index contributed by atoms with van der Waals surface area (Å²) in [5.41, 5.74) is 0. The minimum Gasteiger partial charge on any atom is -0.339 e. The van der Waals surface area contributed by atoms with Crippen molar-refractivity contribution in [3.05, 3.63) is 33.6 Å². The first-order valence-electron chi connectivity index (χ1n) is 7.54. The number of nitrogens with zero attached hydrogens (tertiary/aromatic N) is 3. The van der Waals surface area contributed by atoms with Crippen LogP contribution in [0.25, 0.3) is 0 Å². The Labute approximate surface area is 139 Å². The van der Waals surface area contributed by atoms with Crippen LogP contribution in [0.3, 0.4) is 0 Å². The van der Waals surface area contributed by atoms with Gasteiger partial charge in [-0.2, -0.15) is 17.7 Å². The molecule has 1 saturated heterocycles. The van der Waals surface area contributed by atoms with Gasteiger partial charge in [0, 0.05) is 42.2 Å². The van der Waals surface area contributed by atoms with E-state index in [0.717, 1.165) is 0 Å². The Hall–Kier alpha value is -1.29. The second kappa shape index (κ2) is 6.68. The lowest BCUT2D eigenvalue weighted by molar-refractivity contribution is 0.269. The first-order chi connectivity index (χ1) is 11.0. The number of hydrogen-bond donors (Lipinski definition) is 1. The molecule has 23 heavy (non-hydrogen) atoms. The highest BCUT2D eigenvalue weighted by atomic mass is 32.2. The average molecular weight is 356 g/mol. The van der Waals surface area contributed by atoms with E-state index in [4.69, 9.17) is 4.52 Å². The van der Waals surface area contributed by atoms with E-state index in [1.807, 2.05) is 0 Å². The highest BCUT2D eigenvalue weighted by molar-refractivity contribution is 7.87. The molecule has 9 heteroatoms. The monoisotopic (exact) mass is 356 g/mol. The molecule has 7 nitrogen and oxygen atoms in total. The quantitative estimate of drug-likeness (QED) is 0.880. The first-order valence-corrected chi connectivity index (χ1v) is 9.80. The van der Waals surface area contributed by atoms with Crippen molar-refractivity contribution in [1.29, 1.82) is 0 Å². The molecule has 0 amide bonds. The van der Waals surface area contributed by atoms with Crippen molar-refractivity contribution in [1.82, 2.24) is 19.2 Å². The maximum Gasteiger partial charge on any atom is 0.279 e. The number of rotatable bonds is 5. The summed E-state index contributed by atoms with van der Waals surface area (Å²) in [6.07, 6.45) is 2.07. The molecule has 2 aromatic heterocycles. The van der Waals surface area contributed by atoms with E-state index in [9.17, 15) is 8.42 Å². The zero-order valence-electron chi connectivity index (χ0n) is 13.2. The zero-order valence-corrected chi connectivity index (χ0v) is 14.8. The van der Waals surface area contributed by atoms with E-state index in [-0.39, 0.29) is 5.92 Å². The number of aromatic nitrogens is 2. The molecule has 0 unspecified atom stereocenters. The van der Waals surface area contributed by atoms with Crippen molar-refractivity contribution in [2.24, 2.45) is 0 Å². The summed E-state index contributed by atoms with van der Waals surface area (Å²) in [5.74, 6) is 1.44. The van der Waals surface area contributed by atoms with Gasteiger partial charge >= 0.3 is 0 Å². The summed E-state index contributed by atoms with van der Waals surface area (Å²) < 4.78 is 32.7. The lowest BCUT2D eigenvalue weighted by Crippen LogP contribution is -2.43. The lowest BCUT2D eigenvalue weighted by atomic mass is 9.98. The molecule has 0 aromatic carbocycles. The number of piperidine rings is 1. The fourth-order valence-corrected chi connectivity index (χ4v) is 4.55. The summed E-state index contributed by atoms with van der Waals surface area (Å²) >= 11 is 1.73. The second-order valence-corrected chi connectivity index (χ2v) is 8.87. The fraction of sp³-hybridized carbons (Fsp3) is 0.571. The Kier molecular flexibility index (Phi) is 4.81. The van der Waals surface area contributed by atoms with Crippen molar-refractivity contribution in [2.75, 3.05) is 20.1 Å². The van der Waals surface area contributed by atoms with Crippen LogP contribution in [0.5, 0.6) is 0 Å². The van der Waals surface area contributed by atoms with Gasteiger partial charge < -0.3 is 4.52 Å². The molecular weight excluding hydrogens is 336 g/mol. The summed E-state index contributed by atoms with van der Waals surface area (Å²) in [7, 11) is -1.91. The Balaban J connectivity index is 1.61. The smallest absolute Gasteiger partial charge is 0.279 e. The van der Waals surface area contributed by atoms with Gasteiger partial charge in [-0.05, 0) is 31.9 Å². The third-order valence-electron chi connectivity index (χ3n) is 4.01. The van der Waals surface area contributed by atoms with Crippen molar-refractivity contribution in [3.8, 4) is 0 Å². The van der Waals surface area contributed by atoms with Crippen LogP contribution in [0.15, 0.2) is 16.7 Å². The fourth-order valence-electron chi connectivity index (χ4n) is 2.71. The molecule has 0 atom stereocenters. The van der Waals surface area contributed by atoms with Gasteiger partial charge in [-0.25, -0.2) is 4.72 Å². The lowest BCUT2D eigenvalue weighted by Gasteiger charge is -2.28. The van der Waals surface area contributed by atoms with Gasteiger partial charge in [0.05, 0.1) is 0 Å². The Morgan fingerprint density at radius 1 is 1.39 bits per heavy atom. The SMILES string of the molecule is CNS(=O)(=O)N1CCC(c2nc(Cc3ccc(C)s3)no2)CC1. The molecule has 0 saturated carbocycles. The third kappa shape index (κ3) is 3.79. The summed E-state index contributed by atoms with van der Waals surface area (Å²) in [5, 5.41) is 4.06. The maximum atomic E-state index is 11.8. The summed E-state index contributed by atoms with van der Waals surface area (Å²) in [6, 6.07) is 4.16. The van der Waals surface area contributed by atoms with E-state index in [1.165, 1.54) is 21.1 Å². The van der Waals surface area contributed by atoms with Crippen LogP contribution >= 0.6 is 11.3 Å². The molecule has 3 heterocycles. The van der Waals surface area contributed by atoms with Crippen LogP contribution in [-0.2, 0) is 16.6 Å².